The molecular formula is C15H16N2O3. The molecule has 1 saturated carbocycles. The van der Waals surface area contributed by atoms with Crippen molar-refractivity contribution < 1.29 is 14.3 Å². The Hall–Kier alpha value is -2.14. The second kappa shape index (κ2) is 5.46. The van der Waals surface area contributed by atoms with Gasteiger partial charge in [0.2, 0.25) is 0 Å². The number of hydrogen-bond donors (Lipinski definition) is 1. The third-order valence-corrected chi connectivity index (χ3v) is 3.39. The molecule has 1 fully saturated rings. The van der Waals surface area contributed by atoms with Crippen LogP contribution < -0.4 is 0 Å². The zero-order chi connectivity index (χ0) is 13.9. The second-order valence-corrected chi connectivity index (χ2v) is 5.03. The Bertz CT molecular complexity index is 591. The third-order valence-electron chi connectivity index (χ3n) is 3.39. The van der Waals surface area contributed by atoms with Crippen LogP contribution in [0.2, 0.25) is 0 Å². The Kier molecular flexibility index (Phi) is 3.52. The predicted molar refractivity (Wildman–Crippen MR) is 72.2 cm³/mol. The van der Waals surface area contributed by atoms with Gasteiger partial charge < -0.3 is 9.52 Å². The van der Waals surface area contributed by atoms with Crippen LogP contribution in [0.1, 0.15) is 34.8 Å². The van der Waals surface area contributed by atoms with Gasteiger partial charge >= 0.3 is 5.97 Å². The number of furan rings is 1. The van der Waals surface area contributed by atoms with E-state index in [4.69, 9.17) is 9.52 Å². The number of carboxylic acids is 1. The van der Waals surface area contributed by atoms with Crippen molar-refractivity contribution in [2.45, 2.75) is 32.0 Å². The van der Waals surface area contributed by atoms with Crippen molar-refractivity contribution in [2.75, 3.05) is 0 Å². The molecule has 0 saturated heterocycles. The maximum absolute atomic E-state index is 11.0. The lowest BCUT2D eigenvalue weighted by molar-refractivity contribution is 0.0689. The van der Waals surface area contributed by atoms with Crippen LogP contribution in [0.4, 0.5) is 0 Å². The van der Waals surface area contributed by atoms with Crippen LogP contribution in [0.25, 0.3) is 0 Å². The van der Waals surface area contributed by atoms with Crippen LogP contribution in [0.5, 0.6) is 0 Å². The monoisotopic (exact) mass is 272 g/mol. The largest absolute Gasteiger partial charge is 0.477 e. The van der Waals surface area contributed by atoms with Crippen LogP contribution in [0.3, 0.4) is 0 Å². The number of aromatic carboxylic acids is 1. The van der Waals surface area contributed by atoms with E-state index in [1.54, 1.807) is 12.3 Å². The molecule has 0 aliphatic heterocycles. The van der Waals surface area contributed by atoms with E-state index in [9.17, 15) is 4.79 Å². The molecule has 0 amide bonds. The van der Waals surface area contributed by atoms with E-state index in [-0.39, 0.29) is 5.69 Å². The molecule has 20 heavy (non-hydrogen) atoms. The number of carboxylic acid groups (broad SMARTS) is 1. The van der Waals surface area contributed by atoms with Crippen molar-refractivity contribution in [2.24, 2.45) is 0 Å². The van der Waals surface area contributed by atoms with Crippen molar-refractivity contribution in [3.63, 3.8) is 0 Å². The quantitative estimate of drug-likeness (QED) is 0.875. The van der Waals surface area contributed by atoms with Gasteiger partial charge in [-0.1, -0.05) is 6.07 Å². The highest BCUT2D eigenvalue weighted by atomic mass is 16.4. The molecule has 1 N–H and O–H groups in total. The van der Waals surface area contributed by atoms with Gasteiger partial charge in [-0.05, 0) is 37.1 Å². The maximum Gasteiger partial charge on any atom is 0.354 e. The van der Waals surface area contributed by atoms with Crippen molar-refractivity contribution in [3.05, 3.63) is 53.7 Å². The van der Waals surface area contributed by atoms with Crippen molar-refractivity contribution >= 4 is 5.97 Å². The highest BCUT2D eigenvalue weighted by Crippen LogP contribution is 2.29. The van der Waals surface area contributed by atoms with E-state index in [0.717, 1.165) is 18.0 Å². The molecule has 1 aliphatic rings. The summed E-state index contributed by atoms with van der Waals surface area (Å²) in [4.78, 5) is 17.4. The van der Waals surface area contributed by atoms with E-state index in [1.807, 2.05) is 18.2 Å². The topological polar surface area (TPSA) is 66.6 Å². The second-order valence-electron chi connectivity index (χ2n) is 5.03. The molecule has 0 unspecified atom stereocenters. The van der Waals surface area contributed by atoms with Gasteiger partial charge in [0.05, 0.1) is 18.5 Å². The molecular weight excluding hydrogens is 256 g/mol. The molecule has 0 spiro atoms. The molecule has 3 rings (SSSR count). The van der Waals surface area contributed by atoms with E-state index in [1.165, 1.54) is 18.9 Å². The molecule has 104 valence electrons. The summed E-state index contributed by atoms with van der Waals surface area (Å²) >= 11 is 0. The highest BCUT2D eigenvalue weighted by molar-refractivity contribution is 5.85. The number of aromatic nitrogens is 1. The molecule has 1 aliphatic carbocycles. The summed E-state index contributed by atoms with van der Waals surface area (Å²) in [5.74, 6) is -0.0675. The van der Waals surface area contributed by atoms with Crippen molar-refractivity contribution in [1.29, 1.82) is 0 Å². The first-order valence-electron chi connectivity index (χ1n) is 6.68. The summed E-state index contributed by atoms with van der Waals surface area (Å²) < 4.78 is 5.39. The van der Waals surface area contributed by atoms with Crippen LogP contribution in [0.15, 0.2) is 41.0 Å². The highest BCUT2D eigenvalue weighted by Gasteiger charge is 2.29. The van der Waals surface area contributed by atoms with Crippen molar-refractivity contribution in [3.8, 4) is 0 Å². The van der Waals surface area contributed by atoms with Gasteiger partial charge in [-0.2, -0.15) is 0 Å². The molecule has 0 bridgehead atoms. The molecule has 0 atom stereocenters. The van der Waals surface area contributed by atoms with Crippen LogP contribution in [-0.4, -0.2) is 27.0 Å². The summed E-state index contributed by atoms with van der Waals surface area (Å²) in [7, 11) is 0. The summed E-state index contributed by atoms with van der Waals surface area (Å²) in [6, 6.07) is 9.50. The lowest BCUT2D eigenvalue weighted by Crippen LogP contribution is -2.25. The standard InChI is InChI=1S/C15H16N2O3/c18-15(19)14-5-1-3-11(16-14)9-17(12-6-7-12)10-13-4-2-8-20-13/h1-5,8,12H,6-7,9-10H2,(H,18,19). The van der Waals surface area contributed by atoms with Crippen LogP contribution in [0, 0.1) is 0 Å². The maximum atomic E-state index is 11.0. The Morgan fingerprint density at radius 1 is 1.30 bits per heavy atom. The first-order chi connectivity index (χ1) is 9.72. The van der Waals surface area contributed by atoms with Gasteiger partial charge in [-0.15, -0.1) is 0 Å². The van der Waals surface area contributed by atoms with E-state index < -0.39 is 5.97 Å². The molecule has 5 nitrogen and oxygen atoms in total. The average molecular weight is 272 g/mol. The number of hydrogen-bond acceptors (Lipinski definition) is 4. The average Bonchev–Trinajstić information content (AvgIpc) is 3.17. The smallest absolute Gasteiger partial charge is 0.354 e. The van der Waals surface area contributed by atoms with Gasteiger partial charge in [0.1, 0.15) is 11.5 Å². The molecule has 2 heterocycles. The van der Waals surface area contributed by atoms with E-state index >= 15 is 0 Å². The van der Waals surface area contributed by atoms with Crippen LogP contribution in [-0.2, 0) is 13.1 Å². The number of rotatable bonds is 6. The van der Waals surface area contributed by atoms with Gasteiger partial charge in [0, 0.05) is 12.6 Å². The van der Waals surface area contributed by atoms with Crippen LogP contribution >= 0.6 is 0 Å². The summed E-state index contributed by atoms with van der Waals surface area (Å²) in [5.41, 5.74) is 0.875. The molecule has 5 heteroatoms. The minimum Gasteiger partial charge on any atom is -0.477 e. The Morgan fingerprint density at radius 3 is 2.80 bits per heavy atom. The number of nitrogens with zero attached hydrogens (tertiary/aromatic N) is 2. The lowest BCUT2D eigenvalue weighted by atomic mass is 10.2. The van der Waals surface area contributed by atoms with Gasteiger partial charge in [-0.3, -0.25) is 4.90 Å². The zero-order valence-corrected chi connectivity index (χ0v) is 11.0. The molecule has 0 aromatic carbocycles. The molecule has 2 aromatic rings. The number of pyridine rings is 1. The normalized spacial score (nSPS) is 14.7. The SMILES string of the molecule is O=C(O)c1cccc(CN(Cc2ccco2)C2CC2)n1. The Labute approximate surface area is 116 Å². The summed E-state index contributed by atoms with van der Waals surface area (Å²) in [5, 5.41) is 8.98. The van der Waals surface area contributed by atoms with Gasteiger partial charge in [-0.25, -0.2) is 9.78 Å². The van der Waals surface area contributed by atoms with Crippen molar-refractivity contribution in [1.82, 2.24) is 9.88 Å². The van der Waals surface area contributed by atoms with Gasteiger partial charge in [0.25, 0.3) is 0 Å². The van der Waals surface area contributed by atoms with E-state index in [2.05, 4.69) is 9.88 Å². The first-order valence-corrected chi connectivity index (χ1v) is 6.68. The fourth-order valence-corrected chi connectivity index (χ4v) is 2.25. The number of carbonyl (C=O) groups is 1. The first kappa shape index (κ1) is 12.9. The minimum atomic E-state index is -0.990. The Balaban J connectivity index is 1.73. The zero-order valence-electron chi connectivity index (χ0n) is 11.0. The van der Waals surface area contributed by atoms with Gasteiger partial charge in [0.15, 0.2) is 0 Å². The van der Waals surface area contributed by atoms with E-state index in [0.29, 0.717) is 12.6 Å². The Morgan fingerprint density at radius 2 is 2.15 bits per heavy atom. The minimum absolute atomic E-state index is 0.0937. The lowest BCUT2D eigenvalue weighted by Gasteiger charge is -2.20. The molecule has 2 aromatic heterocycles. The fraction of sp³-hybridized carbons (Fsp3) is 0.333. The summed E-state index contributed by atoms with van der Waals surface area (Å²) in [6.07, 6.45) is 4.03. The summed E-state index contributed by atoms with van der Waals surface area (Å²) in [6.45, 7) is 1.38. The third kappa shape index (κ3) is 3.05. The predicted octanol–water partition coefficient (Wildman–Crippen LogP) is 2.54. The molecule has 0 radical (unpaired) electrons. The fourth-order valence-electron chi connectivity index (χ4n) is 2.25.